The van der Waals surface area contributed by atoms with Gasteiger partial charge in [0.2, 0.25) is 11.8 Å². The van der Waals surface area contributed by atoms with E-state index in [2.05, 4.69) is 15.4 Å². The summed E-state index contributed by atoms with van der Waals surface area (Å²) in [5.41, 5.74) is 4.11. The number of phenolic OH excluding ortho intramolecular Hbond substituents is 2. The molecule has 1 aromatic heterocycles. The molecule has 3 aromatic rings. The summed E-state index contributed by atoms with van der Waals surface area (Å²) >= 11 is 0. The summed E-state index contributed by atoms with van der Waals surface area (Å²) in [6, 6.07) is 11.0. The van der Waals surface area contributed by atoms with Crippen LogP contribution in [0.15, 0.2) is 40.9 Å². The first-order valence-electron chi connectivity index (χ1n) is 10.9. The fourth-order valence-corrected chi connectivity index (χ4v) is 3.77. The number of phenols is 2. The Morgan fingerprint density at radius 3 is 2.44 bits per heavy atom. The maximum absolute atomic E-state index is 12.4. The van der Waals surface area contributed by atoms with Gasteiger partial charge in [0.25, 0.3) is 0 Å². The first-order chi connectivity index (χ1) is 15.2. The molecule has 1 saturated carbocycles. The van der Waals surface area contributed by atoms with Crippen LogP contribution in [0.2, 0.25) is 0 Å². The molecule has 3 N–H and O–H groups in total. The molecule has 1 aliphatic rings. The van der Waals surface area contributed by atoms with Gasteiger partial charge in [0.1, 0.15) is 17.2 Å². The zero-order chi connectivity index (χ0) is 23.0. The van der Waals surface area contributed by atoms with Crippen LogP contribution in [0, 0.1) is 5.92 Å². The maximum atomic E-state index is 12.4. The second kappa shape index (κ2) is 8.67. The zero-order valence-corrected chi connectivity index (χ0v) is 18.8. The normalized spacial score (nSPS) is 13.7. The number of aromatic hydroxyl groups is 2. The lowest BCUT2D eigenvalue weighted by atomic mass is 9.94. The molecule has 0 saturated heterocycles. The van der Waals surface area contributed by atoms with E-state index in [1.165, 1.54) is 6.07 Å². The van der Waals surface area contributed by atoms with Crippen molar-refractivity contribution in [1.29, 1.82) is 0 Å². The Bertz CT molecular complexity index is 1130. The fraction of sp³-hybridized carbons (Fsp3) is 0.360. The highest BCUT2D eigenvalue weighted by molar-refractivity contribution is 5.99. The third-order valence-corrected chi connectivity index (χ3v) is 5.64. The summed E-state index contributed by atoms with van der Waals surface area (Å²) in [6.07, 6.45) is 1.75. The molecule has 0 bridgehead atoms. The van der Waals surface area contributed by atoms with Crippen LogP contribution in [0.25, 0.3) is 22.4 Å². The molecule has 32 heavy (non-hydrogen) atoms. The summed E-state index contributed by atoms with van der Waals surface area (Å²) in [4.78, 5) is 14.5. The highest BCUT2D eigenvalue weighted by Crippen LogP contribution is 2.44. The number of amides is 1. The molecule has 0 aliphatic heterocycles. The molecular formula is C25H29N3O4. The predicted molar refractivity (Wildman–Crippen MR) is 124 cm³/mol. The first kappa shape index (κ1) is 21.9. The minimum Gasteiger partial charge on any atom is -0.508 e. The average molecular weight is 436 g/mol. The van der Waals surface area contributed by atoms with Crippen LogP contribution >= 0.6 is 0 Å². The molecule has 1 amide bonds. The van der Waals surface area contributed by atoms with Crippen LogP contribution in [0.3, 0.4) is 0 Å². The van der Waals surface area contributed by atoms with Crippen molar-refractivity contribution in [2.24, 2.45) is 5.92 Å². The number of anilines is 1. The number of carbonyl (C=O) groups is 1. The van der Waals surface area contributed by atoms with E-state index in [1.807, 2.05) is 52.2 Å². The maximum Gasteiger partial charge on any atom is 0.239 e. The van der Waals surface area contributed by atoms with Crippen molar-refractivity contribution in [1.82, 2.24) is 10.1 Å². The van der Waals surface area contributed by atoms with Gasteiger partial charge in [-0.2, -0.15) is 0 Å². The lowest BCUT2D eigenvalue weighted by Gasteiger charge is -2.13. The largest absolute Gasteiger partial charge is 0.508 e. The molecule has 0 unspecified atom stereocenters. The second-order valence-electron chi connectivity index (χ2n) is 9.02. The van der Waals surface area contributed by atoms with E-state index in [9.17, 15) is 15.0 Å². The van der Waals surface area contributed by atoms with Crippen molar-refractivity contribution >= 4 is 11.8 Å². The molecule has 2 aromatic carbocycles. The lowest BCUT2D eigenvalue weighted by molar-refractivity contribution is -0.117. The van der Waals surface area contributed by atoms with Crippen molar-refractivity contribution in [3.63, 3.8) is 0 Å². The SMILES string of the molecule is CC(C)c1cc(-c2noc(NC(=O)C3CC3)c2-c2ccc(CN(C)C)cc2)c(O)cc1O. The Hall–Kier alpha value is -3.32. The van der Waals surface area contributed by atoms with Crippen LogP contribution in [0.1, 0.15) is 43.7 Å². The van der Waals surface area contributed by atoms with Gasteiger partial charge in [-0.3, -0.25) is 10.1 Å². The van der Waals surface area contributed by atoms with E-state index >= 15 is 0 Å². The van der Waals surface area contributed by atoms with Crippen LogP contribution in [-0.2, 0) is 11.3 Å². The van der Waals surface area contributed by atoms with Gasteiger partial charge < -0.3 is 19.6 Å². The minimum absolute atomic E-state index is 0.00786. The minimum atomic E-state index is -0.106. The summed E-state index contributed by atoms with van der Waals surface area (Å²) < 4.78 is 5.57. The monoisotopic (exact) mass is 435 g/mol. The molecule has 7 nitrogen and oxygen atoms in total. The van der Waals surface area contributed by atoms with Gasteiger partial charge in [-0.25, -0.2) is 0 Å². The summed E-state index contributed by atoms with van der Waals surface area (Å²) in [5, 5.41) is 28.0. The summed E-state index contributed by atoms with van der Waals surface area (Å²) in [7, 11) is 4.02. The van der Waals surface area contributed by atoms with Crippen LogP contribution in [0.5, 0.6) is 11.5 Å². The van der Waals surface area contributed by atoms with Gasteiger partial charge in [-0.1, -0.05) is 43.3 Å². The van der Waals surface area contributed by atoms with Crippen molar-refractivity contribution < 1.29 is 19.5 Å². The predicted octanol–water partition coefficient (Wildman–Crippen LogP) is 4.95. The van der Waals surface area contributed by atoms with Crippen molar-refractivity contribution in [3.8, 4) is 33.9 Å². The van der Waals surface area contributed by atoms with E-state index in [4.69, 9.17) is 4.52 Å². The third kappa shape index (κ3) is 4.48. The molecule has 4 rings (SSSR count). The average Bonchev–Trinajstić information content (AvgIpc) is 3.50. The Labute approximate surface area is 187 Å². The van der Waals surface area contributed by atoms with Crippen LogP contribution in [-0.4, -0.2) is 40.3 Å². The van der Waals surface area contributed by atoms with E-state index in [-0.39, 0.29) is 35.1 Å². The van der Waals surface area contributed by atoms with Crippen LogP contribution < -0.4 is 5.32 Å². The number of aromatic nitrogens is 1. The summed E-state index contributed by atoms with van der Waals surface area (Å²) in [5.74, 6) is 0.150. The van der Waals surface area contributed by atoms with Crippen molar-refractivity contribution in [3.05, 3.63) is 47.5 Å². The Morgan fingerprint density at radius 1 is 1.16 bits per heavy atom. The molecule has 1 aliphatic carbocycles. The van der Waals surface area contributed by atoms with Gasteiger partial charge in [-0.15, -0.1) is 0 Å². The Balaban J connectivity index is 1.82. The van der Waals surface area contributed by atoms with E-state index < -0.39 is 0 Å². The van der Waals surface area contributed by atoms with Crippen molar-refractivity contribution in [2.45, 2.75) is 39.2 Å². The number of rotatable bonds is 7. The van der Waals surface area contributed by atoms with E-state index in [0.29, 0.717) is 22.4 Å². The number of benzene rings is 2. The van der Waals surface area contributed by atoms with Crippen LogP contribution in [0.4, 0.5) is 5.88 Å². The molecule has 168 valence electrons. The van der Waals surface area contributed by atoms with E-state index in [0.717, 1.165) is 30.5 Å². The smallest absolute Gasteiger partial charge is 0.239 e. The summed E-state index contributed by atoms with van der Waals surface area (Å²) in [6.45, 7) is 4.73. The molecule has 0 radical (unpaired) electrons. The van der Waals surface area contributed by atoms with Gasteiger partial charge in [0.15, 0.2) is 0 Å². The highest BCUT2D eigenvalue weighted by atomic mass is 16.5. The Kier molecular flexibility index (Phi) is 5.93. The standard InChI is InChI=1S/C25H29N3O4/c1-14(2)18-11-19(21(30)12-20(18)29)23-22(16-7-5-15(6-8-16)13-28(3)4)25(32-27-23)26-24(31)17-9-10-17/h5-8,11-12,14,17,29-30H,9-10,13H2,1-4H3,(H,26,31). The number of nitrogens with one attached hydrogen (secondary N) is 1. The zero-order valence-electron chi connectivity index (χ0n) is 18.8. The fourth-order valence-electron chi connectivity index (χ4n) is 3.77. The highest BCUT2D eigenvalue weighted by Gasteiger charge is 2.32. The molecule has 0 spiro atoms. The number of carbonyl (C=O) groups excluding carboxylic acids is 1. The lowest BCUT2D eigenvalue weighted by Crippen LogP contribution is -2.13. The van der Waals surface area contributed by atoms with Gasteiger partial charge in [0.05, 0.1) is 5.56 Å². The number of hydrogen-bond donors (Lipinski definition) is 3. The van der Waals surface area contributed by atoms with Gasteiger partial charge in [-0.05, 0) is 55.6 Å². The van der Waals surface area contributed by atoms with E-state index in [1.54, 1.807) is 6.07 Å². The molecule has 1 heterocycles. The van der Waals surface area contributed by atoms with Crippen molar-refractivity contribution in [2.75, 3.05) is 19.4 Å². The molecule has 7 heteroatoms. The third-order valence-electron chi connectivity index (χ3n) is 5.64. The Morgan fingerprint density at radius 2 is 1.84 bits per heavy atom. The molecule has 1 fully saturated rings. The topological polar surface area (TPSA) is 98.8 Å². The number of nitrogens with zero attached hydrogens (tertiary/aromatic N) is 2. The molecular weight excluding hydrogens is 406 g/mol. The quantitative estimate of drug-likeness (QED) is 0.485. The first-order valence-corrected chi connectivity index (χ1v) is 10.9. The second-order valence-corrected chi connectivity index (χ2v) is 9.02. The number of hydrogen-bond acceptors (Lipinski definition) is 6. The molecule has 0 atom stereocenters. The van der Waals surface area contributed by atoms with Gasteiger partial charge >= 0.3 is 0 Å². The van der Waals surface area contributed by atoms with Gasteiger partial charge in [0, 0.05) is 24.1 Å².